The number of hydrogen-bond donors (Lipinski definition) is 2. The minimum atomic E-state index is -0.294. The molecule has 3 N–H and O–H groups in total. The minimum Gasteiger partial charge on any atom is -0.360 e. The first-order valence-electron chi connectivity index (χ1n) is 5.81. The third-order valence-electron chi connectivity index (χ3n) is 2.39. The van der Waals surface area contributed by atoms with E-state index < -0.39 is 0 Å². The summed E-state index contributed by atoms with van der Waals surface area (Å²) >= 11 is 0. The maximum Gasteiger partial charge on any atom is 0.135 e. The molecule has 0 fully saturated rings. The molecule has 4 nitrogen and oxygen atoms in total. The van der Waals surface area contributed by atoms with Gasteiger partial charge in [0.1, 0.15) is 15.4 Å². The quantitative estimate of drug-likeness (QED) is 0.295. The van der Waals surface area contributed by atoms with Crippen LogP contribution in [0.3, 0.4) is 0 Å². The van der Waals surface area contributed by atoms with Crippen molar-refractivity contribution in [2.75, 3.05) is 33.5 Å². The highest BCUT2D eigenvalue weighted by Crippen LogP contribution is 1.96. The Morgan fingerprint density at radius 3 is 2.40 bits per heavy atom. The van der Waals surface area contributed by atoms with Gasteiger partial charge < -0.3 is 20.5 Å². The zero-order valence-corrected chi connectivity index (χ0v) is 11.5. The van der Waals surface area contributed by atoms with Crippen molar-refractivity contribution in [3.05, 3.63) is 0 Å². The largest absolute Gasteiger partial charge is 0.360 e. The Kier molecular flexibility index (Phi) is 12.2. The van der Waals surface area contributed by atoms with Crippen LogP contribution in [0.25, 0.3) is 0 Å². The SMILES string of the molecule is COC(OC)[SiH2]CNCCCCCCN. The number of rotatable bonds is 11. The second kappa shape index (κ2) is 12.1. The highest BCUT2D eigenvalue weighted by Gasteiger charge is 2.03. The fourth-order valence-corrected chi connectivity index (χ4v) is 2.59. The molecule has 0 aromatic heterocycles. The predicted octanol–water partition coefficient (Wildman–Crippen LogP) is -0.202. The van der Waals surface area contributed by atoms with Crippen LogP contribution in [0.4, 0.5) is 0 Å². The Hall–Kier alpha value is 0.0569. The van der Waals surface area contributed by atoms with Crippen molar-refractivity contribution in [1.82, 2.24) is 5.32 Å². The summed E-state index contributed by atoms with van der Waals surface area (Å²) in [5.74, 6) is 0.0646. The Balaban J connectivity index is 3.04. The molecule has 0 saturated carbocycles. The molecule has 0 atom stereocenters. The first kappa shape index (κ1) is 15.1. The molecule has 15 heavy (non-hydrogen) atoms. The van der Waals surface area contributed by atoms with E-state index in [4.69, 9.17) is 15.2 Å². The van der Waals surface area contributed by atoms with Gasteiger partial charge in [0.2, 0.25) is 0 Å². The topological polar surface area (TPSA) is 56.5 Å². The van der Waals surface area contributed by atoms with Gasteiger partial charge >= 0.3 is 0 Å². The van der Waals surface area contributed by atoms with E-state index in [1.165, 1.54) is 19.3 Å². The van der Waals surface area contributed by atoms with E-state index in [0.29, 0.717) is 0 Å². The summed E-state index contributed by atoms with van der Waals surface area (Å²) in [6.45, 7) is 1.93. The van der Waals surface area contributed by atoms with Gasteiger partial charge in [0.05, 0.1) is 0 Å². The first-order valence-corrected chi connectivity index (χ1v) is 7.63. The average molecular weight is 234 g/mol. The number of hydrogen-bond acceptors (Lipinski definition) is 4. The van der Waals surface area contributed by atoms with E-state index in [-0.39, 0.29) is 15.4 Å². The summed E-state index contributed by atoms with van der Waals surface area (Å²) in [5, 5.41) is 3.43. The Bertz CT molecular complexity index is 124. The third kappa shape index (κ3) is 10.3. The van der Waals surface area contributed by atoms with Crippen LogP contribution in [-0.4, -0.2) is 48.9 Å². The predicted molar refractivity (Wildman–Crippen MR) is 66.7 cm³/mol. The van der Waals surface area contributed by atoms with Crippen LogP contribution >= 0.6 is 0 Å². The summed E-state index contributed by atoms with van der Waals surface area (Å²) in [7, 11) is 3.11. The fraction of sp³-hybridized carbons (Fsp3) is 1.00. The lowest BCUT2D eigenvalue weighted by atomic mass is 10.2. The van der Waals surface area contributed by atoms with Crippen molar-refractivity contribution in [2.24, 2.45) is 5.73 Å². The average Bonchev–Trinajstić information content (AvgIpc) is 2.27. The van der Waals surface area contributed by atoms with Gasteiger partial charge in [-0.05, 0) is 32.1 Å². The minimum absolute atomic E-state index is 0.0646. The highest BCUT2D eigenvalue weighted by atomic mass is 28.2. The Morgan fingerprint density at radius 2 is 1.80 bits per heavy atom. The molecule has 0 spiro atoms. The third-order valence-corrected chi connectivity index (χ3v) is 4.17. The van der Waals surface area contributed by atoms with E-state index >= 15 is 0 Å². The van der Waals surface area contributed by atoms with Crippen LogP contribution in [0.5, 0.6) is 0 Å². The van der Waals surface area contributed by atoms with Crippen molar-refractivity contribution in [3.8, 4) is 0 Å². The zero-order valence-electron chi connectivity index (χ0n) is 10.1. The molecular formula is C10H26N2O2Si. The van der Waals surface area contributed by atoms with Crippen LogP contribution in [0, 0.1) is 0 Å². The molecule has 0 amide bonds. The lowest BCUT2D eigenvalue weighted by molar-refractivity contribution is -0.0441. The molecule has 92 valence electrons. The molecule has 5 heteroatoms. The maximum atomic E-state index is 5.42. The monoisotopic (exact) mass is 234 g/mol. The van der Waals surface area contributed by atoms with Crippen LogP contribution < -0.4 is 11.1 Å². The molecule has 0 unspecified atom stereocenters. The second-order valence-corrected chi connectivity index (χ2v) is 5.39. The Morgan fingerprint density at radius 1 is 1.13 bits per heavy atom. The zero-order chi connectivity index (χ0) is 11.4. The van der Waals surface area contributed by atoms with Gasteiger partial charge in [-0.3, -0.25) is 0 Å². The van der Waals surface area contributed by atoms with Gasteiger partial charge in [0.15, 0.2) is 0 Å². The molecule has 0 aliphatic heterocycles. The number of unbranched alkanes of at least 4 members (excludes halogenated alkanes) is 3. The molecule has 0 bridgehead atoms. The molecule has 0 saturated heterocycles. The summed E-state index contributed by atoms with van der Waals surface area (Å²) in [6, 6.07) is 0. The van der Waals surface area contributed by atoms with E-state index in [2.05, 4.69) is 5.32 Å². The van der Waals surface area contributed by atoms with Crippen molar-refractivity contribution in [1.29, 1.82) is 0 Å². The molecule has 0 aliphatic rings. The van der Waals surface area contributed by atoms with Crippen molar-refractivity contribution in [3.63, 3.8) is 0 Å². The van der Waals surface area contributed by atoms with Gasteiger partial charge in [-0.25, -0.2) is 0 Å². The van der Waals surface area contributed by atoms with Crippen LogP contribution in [0.2, 0.25) is 0 Å². The summed E-state index contributed by atoms with van der Waals surface area (Å²) in [4.78, 5) is 0. The Labute approximate surface area is 95.7 Å². The van der Waals surface area contributed by atoms with Crippen molar-refractivity contribution >= 4 is 9.52 Å². The normalized spacial score (nSPS) is 12.0. The van der Waals surface area contributed by atoms with Crippen LogP contribution in [-0.2, 0) is 9.47 Å². The molecule has 0 rings (SSSR count). The van der Waals surface area contributed by atoms with Crippen LogP contribution in [0.1, 0.15) is 25.7 Å². The number of nitrogens with two attached hydrogens (primary N) is 1. The number of methoxy groups -OCH3 is 2. The molecule has 0 aromatic rings. The number of nitrogens with one attached hydrogen (secondary N) is 1. The molecule has 0 aliphatic carbocycles. The van der Waals surface area contributed by atoms with Gasteiger partial charge in [-0.1, -0.05) is 12.8 Å². The second-order valence-electron chi connectivity index (χ2n) is 3.64. The highest BCUT2D eigenvalue weighted by molar-refractivity contribution is 6.36. The van der Waals surface area contributed by atoms with Crippen molar-refractivity contribution < 1.29 is 9.47 Å². The molecular weight excluding hydrogens is 208 g/mol. The lowest BCUT2D eigenvalue weighted by Gasteiger charge is -2.12. The van der Waals surface area contributed by atoms with Gasteiger partial charge in [0.25, 0.3) is 0 Å². The van der Waals surface area contributed by atoms with Crippen LogP contribution in [0.15, 0.2) is 0 Å². The van der Waals surface area contributed by atoms with E-state index in [1.54, 1.807) is 14.2 Å². The van der Waals surface area contributed by atoms with E-state index in [0.717, 1.165) is 25.7 Å². The first-order chi connectivity index (χ1) is 7.35. The van der Waals surface area contributed by atoms with E-state index in [9.17, 15) is 0 Å². The standard InChI is InChI=1S/C10H26N2O2Si/c1-13-10(14-2)15-9-12-8-6-4-3-5-7-11/h10,12H,3-9,11,15H2,1-2H3. The van der Waals surface area contributed by atoms with Gasteiger partial charge in [-0.15, -0.1) is 0 Å². The van der Waals surface area contributed by atoms with E-state index in [1.807, 2.05) is 0 Å². The molecule has 0 radical (unpaired) electrons. The van der Waals surface area contributed by atoms with Gasteiger partial charge in [-0.2, -0.15) is 0 Å². The summed E-state index contributed by atoms with van der Waals surface area (Å²) in [6.07, 6.45) is 6.03. The molecule has 0 heterocycles. The summed E-state index contributed by atoms with van der Waals surface area (Å²) in [5.41, 5.74) is 5.42. The maximum absolute atomic E-state index is 5.42. The van der Waals surface area contributed by atoms with Crippen molar-refractivity contribution in [2.45, 2.75) is 31.6 Å². The molecule has 0 aromatic carbocycles. The van der Waals surface area contributed by atoms with Gasteiger partial charge in [0, 0.05) is 14.2 Å². The fourth-order valence-electron chi connectivity index (χ4n) is 1.42. The smallest absolute Gasteiger partial charge is 0.135 e. The summed E-state index contributed by atoms with van der Waals surface area (Å²) < 4.78 is 10.3. The number of ether oxygens (including phenoxy) is 2. The lowest BCUT2D eigenvalue weighted by Crippen LogP contribution is -2.31.